The van der Waals surface area contributed by atoms with Gasteiger partial charge in [0.25, 0.3) is 5.56 Å². The highest BCUT2D eigenvalue weighted by Crippen LogP contribution is 2.15. The summed E-state index contributed by atoms with van der Waals surface area (Å²) in [5.41, 5.74) is 4.91. The van der Waals surface area contributed by atoms with Crippen molar-refractivity contribution in [3.63, 3.8) is 0 Å². The lowest BCUT2D eigenvalue weighted by molar-refractivity contribution is 1.05. The molecule has 2 N–H and O–H groups in total. The zero-order chi connectivity index (χ0) is 16.4. The van der Waals surface area contributed by atoms with Crippen molar-refractivity contribution < 1.29 is 0 Å². The number of hydrogen-bond acceptors (Lipinski definition) is 3. The fourth-order valence-corrected chi connectivity index (χ4v) is 2.77. The van der Waals surface area contributed by atoms with E-state index >= 15 is 0 Å². The molecule has 0 saturated heterocycles. The van der Waals surface area contributed by atoms with Crippen molar-refractivity contribution in [1.29, 1.82) is 0 Å². The molecule has 0 amide bonds. The second kappa shape index (κ2) is 6.24. The molecule has 0 aliphatic carbocycles. The molecular weight excluding hydrogens is 286 g/mol. The number of aromatic amines is 1. The van der Waals surface area contributed by atoms with Gasteiger partial charge in [-0.05, 0) is 67.1 Å². The third kappa shape index (κ3) is 3.42. The number of fused-ring (bicyclic) bond motifs is 1. The molecule has 0 saturated carbocycles. The fourth-order valence-electron chi connectivity index (χ4n) is 2.77. The summed E-state index contributed by atoms with van der Waals surface area (Å²) in [6.07, 6.45) is 0.981. The van der Waals surface area contributed by atoms with Crippen molar-refractivity contribution in [1.82, 2.24) is 9.97 Å². The Hall–Kier alpha value is -2.62. The Morgan fingerprint density at radius 3 is 2.70 bits per heavy atom. The molecule has 3 rings (SSSR count). The summed E-state index contributed by atoms with van der Waals surface area (Å²) >= 11 is 0. The second-order valence-electron chi connectivity index (χ2n) is 5.92. The highest BCUT2D eigenvalue weighted by atomic mass is 16.1. The molecule has 0 aliphatic rings. The molecule has 0 spiro atoms. The molecule has 118 valence electrons. The molecule has 0 fully saturated rings. The van der Waals surface area contributed by atoms with Crippen LogP contribution in [0.2, 0.25) is 0 Å². The highest BCUT2D eigenvalue weighted by Gasteiger charge is 2.05. The van der Waals surface area contributed by atoms with Gasteiger partial charge in [-0.25, -0.2) is 4.98 Å². The monoisotopic (exact) mass is 307 g/mol. The number of anilines is 1. The Morgan fingerprint density at radius 2 is 1.96 bits per heavy atom. The number of nitrogens with zero attached hydrogens (tertiary/aromatic N) is 1. The smallest absolute Gasteiger partial charge is 0.253 e. The Bertz CT molecular complexity index is 892. The van der Waals surface area contributed by atoms with E-state index in [2.05, 4.69) is 34.3 Å². The van der Waals surface area contributed by atoms with E-state index in [1.807, 2.05) is 38.1 Å². The number of benzene rings is 1. The third-order valence-corrected chi connectivity index (χ3v) is 3.95. The van der Waals surface area contributed by atoms with E-state index in [9.17, 15) is 4.79 Å². The van der Waals surface area contributed by atoms with Crippen LogP contribution < -0.4 is 10.9 Å². The first-order valence-electron chi connectivity index (χ1n) is 7.89. The van der Waals surface area contributed by atoms with E-state index in [4.69, 9.17) is 0 Å². The lowest BCUT2D eigenvalue weighted by atomic mass is 10.1. The summed E-state index contributed by atoms with van der Waals surface area (Å²) in [6.45, 7) is 6.58. The molecule has 0 radical (unpaired) electrons. The van der Waals surface area contributed by atoms with Crippen molar-refractivity contribution in [2.45, 2.75) is 33.7 Å². The van der Waals surface area contributed by atoms with Crippen LogP contribution in [0.4, 0.5) is 5.82 Å². The lowest BCUT2D eigenvalue weighted by Gasteiger charge is -2.09. The van der Waals surface area contributed by atoms with Crippen molar-refractivity contribution in [2.24, 2.45) is 0 Å². The van der Waals surface area contributed by atoms with Crippen LogP contribution in [0, 0.1) is 13.8 Å². The van der Waals surface area contributed by atoms with Gasteiger partial charge < -0.3 is 10.3 Å². The molecule has 0 bridgehead atoms. The largest absolute Gasteiger partial charge is 0.366 e. The first-order chi connectivity index (χ1) is 11.0. The van der Waals surface area contributed by atoms with Crippen LogP contribution in [0.25, 0.3) is 10.9 Å². The van der Waals surface area contributed by atoms with Gasteiger partial charge in [0.1, 0.15) is 5.82 Å². The minimum absolute atomic E-state index is 0.0568. The van der Waals surface area contributed by atoms with Gasteiger partial charge in [0.2, 0.25) is 0 Å². The van der Waals surface area contributed by atoms with Crippen LogP contribution in [0.15, 0.2) is 41.2 Å². The van der Waals surface area contributed by atoms with Crippen LogP contribution in [0.1, 0.15) is 29.3 Å². The van der Waals surface area contributed by atoms with Crippen molar-refractivity contribution >= 4 is 16.7 Å². The maximum Gasteiger partial charge on any atom is 0.253 e. The number of H-pyrrole nitrogens is 1. The molecule has 23 heavy (non-hydrogen) atoms. The van der Waals surface area contributed by atoms with Gasteiger partial charge in [-0.15, -0.1) is 0 Å². The summed E-state index contributed by atoms with van der Waals surface area (Å²) in [6, 6.07) is 12.1. The molecule has 3 aromatic rings. The van der Waals surface area contributed by atoms with Gasteiger partial charge in [-0.3, -0.25) is 4.79 Å². The number of rotatable bonds is 4. The van der Waals surface area contributed by atoms with Crippen LogP contribution in [-0.2, 0) is 13.0 Å². The summed E-state index contributed by atoms with van der Waals surface area (Å²) in [5.74, 6) is 0.796. The number of hydrogen-bond donors (Lipinski definition) is 2. The maximum absolute atomic E-state index is 12.2. The maximum atomic E-state index is 12.2. The number of aryl methyl sites for hydroxylation is 3. The van der Waals surface area contributed by atoms with Gasteiger partial charge in [0.15, 0.2) is 0 Å². The molecule has 1 aromatic carbocycles. The first kappa shape index (κ1) is 15.3. The summed E-state index contributed by atoms with van der Waals surface area (Å²) < 4.78 is 0. The van der Waals surface area contributed by atoms with E-state index < -0.39 is 0 Å². The Kier molecular flexibility index (Phi) is 4.15. The van der Waals surface area contributed by atoms with Gasteiger partial charge >= 0.3 is 0 Å². The van der Waals surface area contributed by atoms with Crippen LogP contribution in [-0.4, -0.2) is 9.97 Å². The average Bonchev–Trinajstić information content (AvgIpc) is 2.51. The van der Waals surface area contributed by atoms with Gasteiger partial charge in [-0.2, -0.15) is 0 Å². The Balaban J connectivity index is 1.89. The normalized spacial score (nSPS) is 10.9. The first-order valence-corrected chi connectivity index (χ1v) is 7.89. The molecule has 0 atom stereocenters. The lowest BCUT2D eigenvalue weighted by Crippen LogP contribution is -2.16. The Labute approximate surface area is 135 Å². The predicted molar refractivity (Wildman–Crippen MR) is 95.0 cm³/mol. The number of aromatic nitrogens is 2. The van der Waals surface area contributed by atoms with Crippen LogP contribution in [0.3, 0.4) is 0 Å². The average molecular weight is 307 g/mol. The number of pyridine rings is 2. The van der Waals surface area contributed by atoms with E-state index in [-0.39, 0.29) is 5.56 Å². The van der Waals surface area contributed by atoms with E-state index in [1.165, 1.54) is 5.56 Å². The third-order valence-electron chi connectivity index (χ3n) is 3.95. The van der Waals surface area contributed by atoms with Crippen molar-refractivity contribution in [3.8, 4) is 0 Å². The molecule has 4 nitrogen and oxygen atoms in total. The molecule has 0 unspecified atom stereocenters. The molecule has 2 heterocycles. The molecule has 2 aromatic heterocycles. The summed E-state index contributed by atoms with van der Waals surface area (Å²) in [5, 5.41) is 4.31. The van der Waals surface area contributed by atoms with Gasteiger partial charge in [-0.1, -0.05) is 13.0 Å². The fraction of sp³-hybridized carbons (Fsp3) is 0.263. The molecular formula is C19H21N3O. The van der Waals surface area contributed by atoms with E-state index in [1.54, 1.807) is 0 Å². The van der Waals surface area contributed by atoms with E-state index in [0.29, 0.717) is 12.1 Å². The van der Waals surface area contributed by atoms with Gasteiger partial charge in [0, 0.05) is 23.3 Å². The van der Waals surface area contributed by atoms with Crippen molar-refractivity contribution in [2.75, 3.05) is 5.32 Å². The predicted octanol–water partition coefficient (Wildman–Crippen LogP) is 3.71. The van der Waals surface area contributed by atoms with Crippen molar-refractivity contribution in [3.05, 3.63) is 69.1 Å². The zero-order valence-electron chi connectivity index (χ0n) is 13.7. The minimum Gasteiger partial charge on any atom is -0.366 e. The topological polar surface area (TPSA) is 57.8 Å². The second-order valence-corrected chi connectivity index (χ2v) is 5.92. The zero-order valence-corrected chi connectivity index (χ0v) is 13.7. The SMILES string of the molecule is CCc1ccc2[nH]c(=O)c(CNc3cc(C)cc(C)n3)cc2c1. The standard InChI is InChI=1S/C19H21N3O/c1-4-14-5-6-17-15(9-14)10-16(19(23)22-17)11-20-18-8-12(2)7-13(3)21-18/h5-10H,4,11H2,1-3H3,(H,20,21)(H,22,23). The summed E-state index contributed by atoms with van der Waals surface area (Å²) in [4.78, 5) is 19.6. The van der Waals surface area contributed by atoms with Crippen LogP contribution in [0.5, 0.6) is 0 Å². The van der Waals surface area contributed by atoms with Crippen LogP contribution >= 0.6 is 0 Å². The highest BCUT2D eigenvalue weighted by molar-refractivity contribution is 5.79. The number of nitrogens with one attached hydrogen (secondary N) is 2. The molecule has 4 heteroatoms. The summed E-state index contributed by atoms with van der Waals surface area (Å²) in [7, 11) is 0. The quantitative estimate of drug-likeness (QED) is 0.772. The van der Waals surface area contributed by atoms with Gasteiger partial charge in [0.05, 0.1) is 0 Å². The minimum atomic E-state index is -0.0568. The molecule has 0 aliphatic heterocycles. The Morgan fingerprint density at radius 1 is 1.13 bits per heavy atom. The van der Waals surface area contributed by atoms with E-state index in [0.717, 1.165) is 34.4 Å².